The lowest BCUT2D eigenvalue weighted by Gasteiger charge is -2.34. The van der Waals surface area contributed by atoms with Crippen molar-refractivity contribution in [3.63, 3.8) is 0 Å². The molecule has 1 aliphatic heterocycles. The van der Waals surface area contributed by atoms with Gasteiger partial charge in [-0.15, -0.1) is 0 Å². The predicted octanol–water partition coefficient (Wildman–Crippen LogP) is 0.248. The molecule has 0 radical (unpaired) electrons. The average Bonchev–Trinajstić information content (AvgIpc) is 2.83. The maximum atomic E-state index is 12.4. The smallest absolute Gasteiger partial charge is 0.310 e. The van der Waals surface area contributed by atoms with Crippen LogP contribution in [0, 0.1) is 0 Å². The fourth-order valence-electron chi connectivity index (χ4n) is 2.67. The molecule has 0 unspecified atom stereocenters. The summed E-state index contributed by atoms with van der Waals surface area (Å²) in [6, 6.07) is 3.33. The van der Waals surface area contributed by atoms with Gasteiger partial charge in [-0.1, -0.05) is 22.9 Å². The molecule has 2 aromatic heterocycles. The summed E-state index contributed by atoms with van der Waals surface area (Å²) in [4.78, 5) is 32.9. The van der Waals surface area contributed by atoms with E-state index in [1.807, 2.05) is 0 Å². The van der Waals surface area contributed by atoms with Gasteiger partial charge in [0, 0.05) is 32.7 Å². The molecule has 0 spiro atoms. The first-order valence-corrected chi connectivity index (χ1v) is 8.55. The lowest BCUT2D eigenvalue weighted by Crippen LogP contribution is -2.50. The van der Waals surface area contributed by atoms with Crippen molar-refractivity contribution in [2.45, 2.75) is 6.54 Å². The Labute approximate surface area is 141 Å². The molecular weight excluding hydrogens is 340 g/mol. The van der Waals surface area contributed by atoms with Crippen LogP contribution >= 0.6 is 22.9 Å². The molecule has 23 heavy (non-hydrogen) atoms. The lowest BCUT2D eigenvalue weighted by atomic mass is 10.3. The largest absolute Gasteiger partial charge is 0.395 e. The van der Waals surface area contributed by atoms with E-state index >= 15 is 0 Å². The number of halogens is 1. The summed E-state index contributed by atoms with van der Waals surface area (Å²) in [5.74, 6) is -0.0783. The van der Waals surface area contributed by atoms with Crippen LogP contribution < -0.4 is 4.87 Å². The first kappa shape index (κ1) is 16.4. The predicted molar refractivity (Wildman–Crippen MR) is 89.0 cm³/mol. The molecular formula is C14H17ClN4O3S. The maximum Gasteiger partial charge on any atom is 0.310 e. The molecule has 0 bridgehead atoms. The maximum absolute atomic E-state index is 12.4. The number of carbonyl (C=O) groups excluding carboxylic acids is 1. The topological polar surface area (TPSA) is 78.7 Å². The number of amides is 1. The van der Waals surface area contributed by atoms with Gasteiger partial charge in [0.15, 0.2) is 0 Å². The van der Waals surface area contributed by atoms with Gasteiger partial charge in [0.1, 0.15) is 16.5 Å². The van der Waals surface area contributed by atoms with Crippen LogP contribution in [-0.4, -0.2) is 69.7 Å². The first-order chi connectivity index (χ1) is 11.1. The molecule has 1 saturated heterocycles. The van der Waals surface area contributed by atoms with Gasteiger partial charge in [-0.05, 0) is 12.1 Å². The Kier molecular flexibility index (Phi) is 4.96. The Hall–Kier alpha value is -1.48. The van der Waals surface area contributed by atoms with Gasteiger partial charge < -0.3 is 10.0 Å². The van der Waals surface area contributed by atoms with Gasteiger partial charge in [0.05, 0.1) is 12.1 Å². The number of fused-ring (bicyclic) bond motifs is 1. The van der Waals surface area contributed by atoms with Crippen molar-refractivity contribution >= 4 is 39.2 Å². The van der Waals surface area contributed by atoms with Gasteiger partial charge in [-0.3, -0.25) is 19.1 Å². The van der Waals surface area contributed by atoms with E-state index in [1.165, 1.54) is 4.57 Å². The van der Waals surface area contributed by atoms with Crippen LogP contribution in [0.3, 0.4) is 0 Å². The number of pyridine rings is 1. The fraction of sp³-hybridized carbons (Fsp3) is 0.500. The number of hydrogen-bond acceptors (Lipinski definition) is 6. The molecule has 3 rings (SSSR count). The minimum atomic E-state index is -0.206. The summed E-state index contributed by atoms with van der Waals surface area (Å²) >= 11 is 6.83. The molecule has 2 aromatic rings. The van der Waals surface area contributed by atoms with E-state index in [4.69, 9.17) is 16.7 Å². The Morgan fingerprint density at radius 3 is 2.74 bits per heavy atom. The minimum Gasteiger partial charge on any atom is -0.395 e. The monoisotopic (exact) mass is 356 g/mol. The highest BCUT2D eigenvalue weighted by molar-refractivity contribution is 7.16. The van der Waals surface area contributed by atoms with Crippen LogP contribution in [0.25, 0.3) is 10.3 Å². The molecule has 0 saturated carbocycles. The van der Waals surface area contributed by atoms with Crippen molar-refractivity contribution in [2.75, 3.05) is 39.3 Å². The van der Waals surface area contributed by atoms with Crippen LogP contribution in [0.5, 0.6) is 0 Å². The molecule has 0 aromatic carbocycles. The van der Waals surface area contributed by atoms with E-state index in [9.17, 15) is 9.59 Å². The third kappa shape index (κ3) is 3.55. The molecule has 0 atom stereocenters. The number of aromatic nitrogens is 2. The van der Waals surface area contributed by atoms with Crippen molar-refractivity contribution in [1.82, 2.24) is 19.4 Å². The molecule has 9 heteroatoms. The number of hydrogen-bond donors (Lipinski definition) is 1. The Bertz CT molecular complexity index is 767. The van der Waals surface area contributed by atoms with E-state index in [0.29, 0.717) is 35.1 Å². The Morgan fingerprint density at radius 2 is 2.04 bits per heavy atom. The minimum absolute atomic E-state index is 0.0160. The SMILES string of the molecule is O=C(Cn1c(=O)sc2nc(Cl)ccc21)N1CCN(CCO)CC1. The van der Waals surface area contributed by atoms with Crippen LogP contribution in [0.1, 0.15) is 0 Å². The number of β-amino-alcohol motifs (C(OH)–C–C–N with tert-alkyl or cyclic N) is 1. The van der Waals surface area contributed by atoms with Gasteiger partial charge in [-0.25, -0.2) is 4.98 Å². The number of rotatable bonds is 4. The zero-order valence-corrected chi connectivity index (χ0v) is 14.0. The van der Waals surface area contributed by atoms with Gasteiger partial charge in [0.2, 0.25) is 5.91 Å². The Balaban J connectivity index is 1.71. The highest BCUT2D eigenvalue weighted by Gasteiger charge is 2.22. The number of carbonyl (C=O) groups is 1. The van der Waals surface area contributed by atoms with Crippen LogP contribution in [0.15, 0.2) is 16.9 Å². The zero-order valence-electron chi connectivity index (χ0n) is 12.4. The van der Waals surface area contributed by atoms with Crippen molar-refractivity contribution in [3.05, 3.63) is 27.0 Å². The van der Waals surface area contributed by atoms with Crippen molar-refractivity contribution in [2.24, 2.45) is 0 Å². The van der Waals surface area contributed by atoms with E-state index in [2.05, 4.69) is 9.88 Å². The zero-order chi connectivity index (χ0) is 16.4. The highest BCUT2D eigenvalue weighted by Crippen LogP contribution is 2.18. The fourth-order valence-corrected chi connectivity index (χ4v) is 3.74. The summed E-state index contributed by atoms with van der Waals surface area (Å²) < 4.78 is 1.45. The second-order valence-corrected chi connectivity index (χ2v) is 6.69. The van der Waals surface area contributed by atoms with Gasteiger partial charge in [0.25, 0.3) is 0 Å². The standard InChI is InChI=1S/C14H17ClN4O3S/c15-11-2-1-10-13(16-11)23-14(22)19(10)9-12(21)18-5-3-17(4-6-18)7-8-20/h1-2,20H,3-9H2. The first-order valence-electron chi connectivity index (χ1n) is 7.35. The second kappa shape index (κ2) is 6.96. The summed E-state index contributed by atoms with van der Waals surface area (Å²) in [6.45, 7) is 3.47. The van der Waals surface area contributed by atoms with Crippen molar-refractivity contribution < 1.29 is 9.90 Å². The van der Waals surface area contributed by atoms with Gasteiger partial charge >= 0.3 is 4.87 Å². The highest BCUT2D eigenvalue weighted by atomic mass is 35.5. The molecule has 1 amide bonds. The molecule has 1 aliphatic rings. The molecule has 1 N–H and O–H groups in total. The number of nitrogens with zero attached hydrogens (tertiary/aromatic N) is 4. The summed E-state index contributed by atoms with van der Waals surface area (Å²) in [5.41, 5.74) is 0.636. The average molecular weight is 357 g/mol. The van der Waals surface area contributed by atoms with E-state index in [0.717, 1.165) is 24.4 Å². The van der Waals surface area contributed by atoms with E-state index in [-0.39, 0.29) is 23.9 Å². The molecule has 124 valence electrons. The van der Waals surface area contributed by atoms with Crippen LogP contribution in [-0.2, 0) is 11.3 Å². The van der Waals surface area contributed by atoms with Crippen LogP contribution in [0.2, 0.25) is 5.15 Å². The quantitative estimate of drug-likeness (QED) is 0.794. The number of aliphatic hydroxyl groups excluding tert-OH is 1. The normalized spacial score (nSPS) is 16.2. The summed E-state index contributed by atoms with van der Waals surface area (Å²) in [6.07, 6.45) is 0. The number of piperazine rings is 1. The molecule has 7 nitrogen and oxygen atoms in total. The number of aliphatic hydroxyl groups is 1. The molecule has 0 aliphatic carbocycles. The molecule has 3 heterocycles. The lowest BCUT2D eigenvalue weighted by molar-refractivity contribution is -0.133. The molecule has 1 fully saturated rings. The third-order valence-electron chi connectivity index (χ3n) is 3.94. The summed E-state index contributed by atoms with van der Waals surface area (Å²) in [5, 5.41) is 9.27. The van der Waals surface area contributed by atoms with Crippen LogP contribution in [0.4, 0.5) is 0 Å². The Morgan fingerprint density at radius 1 is 1.30 bits per heavy atom. The number of thiazole rings is 1. The van der Waals surface area contributed by atoms with E-state index in [1.54, 1.807) is 17.0 Å². The van der Waals surface area contributed by atoms with Gasteiger partial charge in [-0.2, -0.15) is 0 Å². The van der Waals surface area contributed by atoms with Crippen molar-refractivity contribution in [1.29, 1.82) is 0 Å². The third-order valence-corrected chi connectivity index (χ3v) is 5.04. The second-order valence-electron chi connectivity index (χ2n) is 5.36. The van der Waals surface area contributed by atoms with E-state index < -0.39 is 0 Å². The summed E-state index contributed by atoms with van der Waals surface area (Å²) in [7, 11) is 0. The van der Waals surface area contributed by atoms with Crippen molar-refractivity contribution in [3.8, 4) is 0 Å².